The maximum Gasteiger partial charge on any atom is 0.270 e. The summed E-state index contributed by atoms with van der Waals surface area (Å²) < 4.78 is 0.995. The Morgan fingerprint density at radius 1 is 1.32 bits per heavy atom. The van der Waals surface area contributed by atoms with E-state index in [-0.39, 0.29) is 17.9 Å². The zero-order chi connectivity index (χ0) is 19.3. The van der Waals surface area contributed by atoms with Crippen LogP contribution in [-0.4, -0.2) is 66.5 Å². The highest BCUT2D eigenvalue weighted by atomic mass is 32.1. The number of rotatable bonds is 3. The SMILES string of the molecule is CC1C(NC(=O)c2cc3c(N4CCNCC4=O)csc3cn2)C2CCN1CC2. The van der Waals surface area contributed by atoms with Gasteiger partial charge in [0.05, 0.1) is 16.9 Å². The van der Waals surface area contributed by atoms with E-state index in [1.54, 1.807) is 17.5 Å². The van der Waals surface area contributed by atoms with Crippen LogP contribution in [0.4, 0.5) is 5.69 Å². The molecule has 6 heterocycles. The summed E-state index contributed by atoms with van der Waals surface area (Å²) in [6.45, 7) is 6.26. The number of hydrogen-bond donors (Lipinski definition) is 2. The molecule has 2 unspecified atom stereocenters. The smallest absolute Gasteiger partial charge is 0.270 e. The first kappa shape index (κ1) is 18.0. The van der Waals surface area contributed by atoms with Gasteiger partial charge in [0.15, 0.2) is 0 Å². The Morgan fingerprint density at radius 3 is 2.89 bits per heavy atom. The molecule has 0 aromatic carbocycles. The first-order chi connectivity index (χ1) is 13.6. The molecule has 2 N–H and O–H groups in total. The Balaban J connectivity index is 1.40. The van der Waals surface area contributed by atoms with Crippen molar-refractivity contribution in [3.05, 3.63) is 23.3 Å². The summed E-state index contributed by atoms with van der Waals surface area (Å²) >= 11 is 1.56. The molecule has 0 aliphatic carbocycles. The first-order valence-corrected chi connectivity index (χ1v) is 10.9. The van der Waals surface area contributed by atoms with Gasteiger partial charge in [-0.15, -0.1) is 11.3 Å². The second kappa shape index (κ2) is 7.09. The molecule has 2 aromatic rings. The molecule has 0 spiro atoms. The molecule has 4 fully saturated rings. The van der Waals surface area contributed by atoms with Gasteiger partial charge in [-0.2, -0.15) is 0 Å². The molecule has 2 bridgehead atoms. The van der Waals surface area contributed by atoms with Crippen molar-refractivity contribution in [3.63, 3.8) is 0 Å². The van der Waals surface area contributed by atoms with Crippen LogP contribution >= 0.6 is 11.3 Å². The maximum absolute atomic E-state index is 13.0. The summed E-state index contributed by atoms with van der Waals surface area (Å²) in [4.78, 5) is 34.0. The van der Waals surface area contributed by atoms with Crippen LogP contribution in [0, 0.1) is 5.92 Å². The average molecular weight is 400 g/mol. The quantitative estimate of drug-likeness (QED) is 0.817. The summed E-state index contributed by atoms with van der Waals surface area (Å²) in [5.41, 5.74) is 1.32. The molecule has 8 heteroatoms. The fourth-order valence-corrected chi connectivity index (χ4v) is 5.78. The third kappa shape index (κ3) is 3.00. The molecule has 2 atom stereocenters. The minimum Gasteiger partial charge on any atom is -0.346 e. The van der Waals surface area contributed by atoms with Crippen molar-refractivity contribution in [3.8, 4) is 0 Å². The summed E-state index contributed by atoms with van der Waals surface area (Å²) in [5.74, 6) is 0.508. The second-order valence-electron chi connectivity index (χ2n) is 8.02. The second-order valence-corrected chi connectivity index (χ2v) is 8.93. The molecule has 4 saturated heterocycles. The average Bonchev–Trinajstić information content (AvgIpc) is 3.14. The molecular formula is C20H25N5O2S. The van der Waals surface area contributed by atoms with E-state index in [4.69, 9.17) is 0 Å². The lowest BCUT2D eigenvalue weighted by atomic mass is 9.79. The molecule has 148 valence electrons. The number of piperidine rings is 3. The van der Waals surface area contributed by atoms with E-state index in [1.807, 2.05) is 16.3 Å². The predicted octanol–water partition coefficient (Wildman–Crippen LogP) is 1.45. The van der Waals surface area contributed by atoms with Gasteiger partial charge in [0.2, 0.25) is 5.91 Å². The van der Waals surface area contributed by atoms with Crippen LogP contribution in [0.2, 0.25) is 0 Å². The van der Waals surface area contributed by atoms with E-state index in [2.05, 4.69) is 27.4 Å². The van der Waals surface area contributed by atoms with Gasteiger partial charge in [-0.25, -0.2) is 4.98 Å². The van der Waals surface area contributed by atoms with Crippen LogP contribution in [0.5, 0.6) is 0 Å². The van der Waals surface area contributed by atoms with E-state index in [0.717, 1.165) is 48.2 Å². The topological polar surface area (TPSA) is 77.6 Å². The fraction of sp³-hybridized carbons (Fsp3) is 0.550. The Kier molecular flexibility index (Phi) is 4.57. The van der Waals surface area contributed by atoms with Crippen LogP contribution in [-0.2, 0) is 4.79 Å². The van der Waals surface area contributed by atoms with Gasteiger partial charge in [0.25, 0.3) is 5.91 Å². The highest BCUT2D eigenvalue weighted by Gasteiger charge is 2.40. The lowest BCUT2D eigenvalue weighted by Gasteiger charge is -2.49. The number of hydrogen-bond acceptors (Lipinski definition) is 6. The molecule has 0 radical (unpaired) electrons. The highest BCUT2D eigenvalue weighted by molar-refractivity contribution is 7.17. The van der Waals surface area contributed by atoms with Crippen molar-refractivity contribution >= 4 is 38.9 Å². The minimum absolute atomic E-state index is 0.0647. The first-order valence-electron chi connectivity index (χ1n) is 10.0. The maximum atomic E-state index is 13.0. The van der Waals surface area contributed by atoms with Crippen molar-refractivity contribution in [2.24, 2.45) is 5.92 Å². The lowest BCUT2D eigenvalue weighted by Crippen LogP contribution is -2.62. The summed E-state index contributed by atoms with van der Waals surface area (Å²) in [6.07, 6.45) is 4.06. The van der Waals surface area contributed by atoms with Gasteiger partial charge < -0.3 is 15.5 Å². The number of carbonyl (C=O) groups is 2. The van der Waals surface area contributed by atoms with Crippen LogP contribution in [0.15, 0.2) is 17.6 Å². The summed E-state index contributed by atoms with van der Waals surface area (Å²) in [6, 6.07) is 2.40. The van der Waals surface area contributed by atoms with Gasteiger partial charge in [0.1, 0.15) is 5.69 Å². The fourth-order valence-electron chi connectivity index (χ4n) is 4.88. The Morgan fingerprint density at radius 2 is 2.14 bits per heavy atom. The normalized spacial score (nSPS) is 30.0. The molecule has 28 heavy (non-hydrogen) atoms. The van der Waals surface area contributed by atoms with Crippen molar-refractivity contribution in [1.29, 1.82) is 0 Å². The van der Waals surface area contributed by atoms with Crippen LogP contribution in [0.1, 0.15) is 30.3 Å². The molecular weight excluding hydrogens is 374 g/mol. The van der Waals surface area contributed by atoms with Gasteiger partial charge in [-0.3, -0.25) is 14.5 Å². The Labute approximate surface area is 168 Å². The molecule has 0 saturated carbocycles. The molecule has 6 rings (SSSR count). The van der Waals surface area contributed by atoms with Crippen molar-refractivity contribution in [2.75, 3.05) is 37.6 Å². The number of anilines is 1. The number of piperazine rings is 1. The minimum atomic E-state index is -0.115. The Bertz CT molecular complexity index is 918. The Hall–Kier alpha value is -2.03. The van der Waals surface area contributed by atoms with Crippen LogP contribution in [0.3, 0.4) is 0 Å². The standard InChI is InChI=1S/C20H25N5O2S/c1-12-19(13-2-5-24(12)6-3-13)23-20(27)15-8-14-16(11-28-17(14)9-22-15)25-7-4-21-10-18(25)26/h8-9,11-13,19,21H,2-7,10H2,1H3,(H,23,27). The number of carbonyl (C=O) groups excluding carboxylic acids is 2. The van der Waals surface area contributed by atoms with E-state index in [0.29, 0.717) is 30.7 Å². The molecule has 7 nitrogen and oxygen atoms in total. The van der Waals surface area contributed by atoms with Crippen molar-refractivity contribution in [1.82, 2.24) is 20.5 Å². The molecule has 2 aromatic heterocycles. The van der Waals surface area contributed by atoms with E-state index < -0.39 is 0 Å². The third-order valence-electron chi connectivity index (χ3n) is 6.53. The zero-order valence-corrected chi connectivity index (χ0v) is 16.8. The van der Waals surface area contributed by atoms with E-state index >= 15 is 0 Å². The number of pyridine rings is 1. The van der Waals surface area contributed by atoms with Crippen molar-refractivity contribution < 1.29 is 9.59 Å². The van der Waals surface area contributed by atoms with Crippen LogP contribution in [0.25, 0.3) is 10.1 Å². The number of amides is 2. The number of thiophene rings is 1. The molecule has 2 amide bonds. The number of nitrogens with one attached hydrogen (secondary N) is 2. The van der Waals surface area contributed by atoms with Gasteiger partial charge in [-0.05, 0) is 44.8 Å². The number of fused-ring (bicyclic) bond motifs is 4. The zero-order valence-electron chi connectivity index (χ0n) is 16.0. The number of aromatic nitrogens is 1. The lowest BCUT2D eigenvalue weighted by molar-refractivity contribution is -0.118. The van der Waals surface area contributed by atoms with Gasteiger partial charge in [0, 0.05) is 42.1 Å². The van der Waals surface area contributed by atoms with Gasteiger partial charge in [-0.1, -0.05) is 0 Å². The monoisotopic (exact) mass is 399 g/mol. The van der Waals surface area contributed by atoms with Gasteiger partial charge >= 0.3 is 0 Å². The molecule has 4 aliphatic rings. The van der Waals surface area contributed by atoms with Crippen molar-refractivity contribution in [2.45, 2.75) is 31.8 Å². The summed E-state index contributed by atoms with van der Waals surface area (Å²) in [7, 11) is 0. The van der Waals surface area contributed by atoms with E-state index in [9.17, 15) is 9.59 Å². The largest absolute Gasteiger partial charge is 0.346 e. The predicted molar refractivity (Wildman–Crippen MR) is 110 cm³/mol. The number of nitrogens with zero attached hydrogens (tertiary/aromatic N) is 3. The van der Waals surface area contributed by atoms with E-state index in [1.165, 1.54) is 0 Å². The summed E-state index contributed by atoms with van der Waals surface area (Å²) in [5, 5.41) is 9.27. The highest BCUT2D eigenvalue weighted by Crippen LogP contribution is 2.34. The third-order valence-corrected chi connectivity index (χ3v) is 7.45. The molecule has 4 aliphatic heterocycles. The van der Waals surface area contributed by atoms with Crippen LogP contribution < -0.4 is 15.5 Å².